The van der Waals surface area contributed by atoms with Crippen molar-refractivity contribution in [1.29, 1.82) is 0 Å². The van der Waals surface area contributed by atoms with Gasteiger partial charge in [0.2, 0.25) is 0 Å². The summed E-state index contributed by atoms with van der Waals surface area (Å²) in [5.41, 5.74) is 0. The maximum atomic E-state index is 4.13. The number of aryl methyl sites for hydroxylation is 2. The van der Waals surface area contributed by atoms with Gasteiger partial charge >= 0.3 is 0 Å². The van der Waals surface area contributed by atoms with Crippen molar-refractivity contribution in [3.05, 3.63) is 24.3 Å². The average Bonchev–Trinajstić information content (AvgIpc) is 2.89. The van der Waals surface area contributed by atoms with Crippen molar-refractivity contribution in [1.82, 2.24) is 35.3 Å². The molecule has 2 rings (SSSR count). The normalized spacial score (nSPS) is 10.8. The van der Waals surface area contributed by atoms with Crippen molar-refractivity contribution in [2.24, 2.45) is 7.05 Å². The summed E-state index contributed by atoms with van der Waals surface area (Å²) < 4.78 is 1.92. The lowest BCUT2D eigenvalue weighted by molar-refractivity contribution is 0.537. The van der Waals surface area contributed by atoms with Crippen LogP contribution in [0.4, 0.5) is 0 Å². The zero-order valence-corrected chi connectivity index (χ0v) is 9.24. The third kappa shape index (κ3) is 3.13. The van der Waals surface area contributed by atoms with Crippen LogP contribution in [0, 0.1) is 0 Å². The molecule has 0 fully saturated rings. The third-order valence-electron chi connectivity index (χ3n) is 2.13. The van der Waals surface area contributed by atoms with E-state index in [1.807, 2.05) is 16.9 Å². The Bertz CT molecular complexity index is 405. The predicted molar refractivity (Wildman–Crippen MR) is 57.3 cm³/mol. The van der Waals surface area contributed by atoms with Crippen LogP contribution in [0.3, 0.4) is 0 Å². The SMILES string of the molecule is Cn1nnc(CNCCCn2cccn2)n1. The van der Waals surface area contributed by atoms with E-state index >= 15 is 0 Å². The van der Waals surface area contributed by atoms with Gasteiger partial charge in [-0.1, -0.05) is 0 Å². The fraction of sp³-hybridized carbons (Fsp3) is 0.556. The Morgan fingerprint density at radius 3 is 3.06 bits per heavy atom. The minimum atomic E-state index is 0.660. The van der Waals surface area contributed by atoms with E-state index in [0.717, 1.165) is 25.3 Å². The molecule has 0 aromatic carbocycles. The largest absolute Gasteiger partial charge is 0.310 e. The van der Waals surface area contributed by atoms with E-state index in [1.165, 1.54) is 4.80 Å². The van der Waals surface area contributed by atoms with E-state index in [-0.39, 0.29) is 0 Å². The topological polar surface area (TPSA) is 73.5 Å². The molecule has 0 atom stereocenters. The molecule has 2 aromatic rings. The van der Waals surface area contributed by atoms with Crippen molar-refractivity contribution < 1.29 is 0 Å². The molecule has 2 heterocycles. The summed E-state index contributed by atoms with van der Waals surface area (Å²) in [5.74, 6) is 0.724. The smallest absolute Gasteiger partial charge is 0.188 e. The molecule has 2 aromatic heterocycles. The maximum Gasteiger partial charge on any atom is 0.188 e. The number of tetrazole rings is 1. The minimum absolute atomic E-state index is 0.660. The van der Waals surface area contributed by atoms with E-state index in [4.69, 9.17) is 0 Å². The van der Waals surface area contributed by atoms with Crippen LogP contribution in [0.15, 0.2) is 18.5 Å². The molecular formula is C9H15N7. The van der Waals surface area contributed by atoms with Crippen molar-refractivity contribution in [3.63, 3.8) is 0 Å². The molecule has 0 amide bonds. The molecule has 1 N–H and O–H groups in total. The third-order valence-corrected chi connectivity index (χ3v) is 2.13. The lowest BCUT2D eigenvalue weighted by atomic mass is 10.4. The lowest BCUT2D eigenvalue weighted by Crippen LogP contribution is -2.17. The van der Waals surface area contributed by atoms with Gasteiger partial charge in [-0.05, 0) is 24.2 Å². The Balaban J connectivity index is 1.59. The minimum Gasteiger partial charge on any atom is -0.310 e. The molecule has 7 heteroatoms. The fourth-order valence-electron chi connectivity index (χ4n) is 1.39. The number of nitrogens with one attached hydrogen (secondary N) is 1. The summed E-state index contributed by atoms with van der Waals surface area (Å²) in [4.78, 5) is 1.46. The van der Waals surface area contributed by atoms with Crippen molar-refractivity contribution in [2.75, 3.05) is 6.54 Å². The lowest BCUT2D eigenvalue weighted by Gasteiger charge is -2.02. The van der Waals surface area contributed by atoms with Crippen molar-refractivity contribution >= 4 is 0 Å². The molecule has 0 aliphatic rings. The molecule has 0 saturated carbocycles. The Morgan fingerprint density at radius 2 is 2.38 bits per heavy atom. The number of rotatable bonds is 6. The van der Waals surface area contributed by atoms with Crippen LogP contribution in [-0.4, -0.2) is 36.5 Å². The number of nitrogens with zero attached hydrogens (tertiary/aromatic N) is 6. The second-order valence-corrected chi connectivity index (χ2v) is 3.49. The highest BCUT2D eigenvalue weighted by Gasteiger charge is 1.98. The van der Waals surface area contributed by atoms with Gasteiger partial charge in [-0.3, -0.25) is 4.68 Å². The van der Waals surface area contributed by atoms with E-state index in [9.17, 15) is 0 Å². The fourth-order valence-corrected chi connectivity index (χ4v) is 1.39. The van der Waals surface area contributed by atoms with Gasteiger partial charge in [0, 0.05) is 18.9 Å². The summed E-state index contributed by atoms with van der Waals surface area (Å²) >= 11 is 0. The van der Waals surface area contributed by atoms with Crippen LogP contribution in [0.1, 0.15) is 12.2 Å². The summed E-state index contributed by atoms with van der Waals surface area (Å²) in [6.07, 6.45) is 4.78. The van der Waals surface area contributed by atoms with Crippen molar-refractivity contribution in [3.8, 4) is 0 Å². The average molecular weight is 221 g/mol. The quantitative estimate of drug-likeness (QED) is 0.671. The Morgan fingerprint density at radius 1 is 1.44 bits per heavy atom. The molecule has 0 aliphatic carbocycles. The monoisotopic (exact) mass is 221 g/mol. The van der Waals surface area contributed by atoms with Gasteiger partial charge in [-0.15, -0.1) is 10.2 Å². The van der Waals surface area contributed by atoms with Crippen LogP contribution in [-0.2, 0) is 20.1 Å². The standard InChI is InChI=1S/C9H15N7/c1-15-13-9(12-14-15)8-10-4-2-6-16-7-3-5-11-16/h3,5,7,10H,2,4,6,8H2,1H3. The molecule has 0 aliphatic heterocycles. The zero-order chi connectivity index (χ0) is 11.2. The van der Waals surface area contributed by atoms with Crippen LogP contribution in [0.2, 0.25) is 0 Å². The molecule has 86 valence electrons. The van der Waals surface area contributed by atoms with Crippen LogP contribution in [0.5, 0.6) is 0 Å². The Labute approximate surface area is 93.5 Å². The van der Waals surface area contributed by atoms with Crippen LogP contribution in [0.25, 0.3) is 0 Å². The molecule has 0 saturated heterocycles. The molecular weight excluding hydrogens is 206 g/mol. The summed E-state index contributed by atoms with van der Waals surface area (Å²) in [6.45, 7) is 2.50. The second-order valence-electron chi connectivity index (χ2n) is 3.49. The number of aromatic nitrogens is 6. The van der Waals surface area contributed by atoms with Crippen molar-refractivity contribution in [2.45, 2.75) is 19.5 Å². The van der Waals surface area contributed by atoms with Crippen LogP contribution < -0.4 is 5.32 Å². The van der Waals surface area contributed by atoms with Gasteiger partial charge in [0.1, 0.15) is 0 Å². The predicted octanol–water partition coefficient (Wildman–Crippen LogP) is -0.413. The maximum absolute atomic E-state index is 4.13. The van der Waals surface area contributed by atoms with Gasteiger partial charge < -0.3 is 5.32 Å². The molecule has 7 nitrogen and oxygen atoms in total. The van der Waals surface area contributed by atoms with Gasteiger partial charge in [0.05, 0.1) is 13.6 Å². The summed E-state index contributed by atoms with van der Waals surface area (Å²) in [5, 5.41) is 19.1. The van der Waals surface area contributed by atoms with E-state index in [2.05, 4.69) is 25.8 Å². The first-order chi connectivity index (χ1) is 7.84. The molecule has 0 bridgehead atoms. The highest BCUT2D eigenvalue weighted by Crippen LogP contribution is 1.89. The van der Waals surface area contributed by atoms with E-state index < -0.39 is 0 Å². The molecule has 0 spiro atoms. The Kier molecular flexibility index (Phi) is 3.60. The van der Waals surface area contributed by atoms with Gasteiger partial charge in [-0.25, -0.2) is 0 Å². The first-order valence-corrected chi connectivity index (χ1v) is 5.25. The van der Waals surface area contributed by atoms with E-state index in [0.29, 0.717) is 6.54 Å². The summed E-state index contributed by atoms with van der Waals surface area (Å²) in [6, 6.07) is 1.93. The van der Waals surface area contributed by atoms with Gasteiger partial charge in [0.15, 0.2) is 5.82 Å². The second kappa shape index (κ2) is 5.36. The molecule has 16 heavy (non-hydrogen) atoms. The zero-order valence-electron chi connectivity index (χ0n) is 9.24. The highest BCUT2D eigenvalue weighted by molar-refractivity contribution is 4.78. The molecule has 0 radical (unpaired) electrons. The number of hydrogen-bond acceptors (Lipinski definition) is 5. The highest BCUT2D eigenvalue weighted by atomic mass is 15.6. The first kappa shape index (κ1) is 10.7. The molecule has 0 unspecified atom stereocenters. The summed E-state index contributed by atoms with van der Waals surface area (Å²) in [7, 11) is 1.76. The number of hydrogen-bond donors (Lipinski definition) is 1. The first-order valence-electron chi connectivity index (χ1n) is 5.25. The van der Waals surface area contributed by atoms with Gasteiger partial charge in [0.25, 0.3) is 0 Å². The van der Waals surface area contributed by atoms with E-state index in [1.54, 1.807) is 13.2 Å². The Hall–Kier alpha value is -1.76. The van der Waals surface area contributed by atoms with Gasteiger partial charge in [-0.2, -0.15) is 9.90 Å². The van der Waals surface area contributed by atoms with Crippen LogP contribution >= 0.6 is 0 Å².